The minimum atomic E-state index is -0.184. The second kappa shape index (κ2) is 7.83. The summed E-state index contributed by atoms with van der Waals surface area (Å²) in [6, 6.07) is 9.59. The molecule has 0 unspecified atom stereocenters. The van der Waals surface area contributed by atoms with Crippen molar-refractivity contribution in [3.63, 3.8) is 0 Å². The maximum Gasteiger partial charge on any atom is 0.327 e. The molecule has 2 aliphatic rings. The number of aryl methyl sites for hydroxylation is 1. The van der Waals surface area contributed by atoms with Crippen LogP contribution in [0.15, 0.2) is 55.5 Å². The number of hydrogen-bond donors (Lipinski definition) is 1. The number of rotatable bonds is 3. The first kappa shape index (κ1) is 19.2. The van der Waals surface area contributed by atoms with E-state index in [0.717, 1.165) is 54.1 Å². The molecule has 2 bridgehead atoms. The largest absolute Gasteiger partial charge is 0.366 e. The lowest BCUT2D eigenvalue weighted by molar-refractivity contribution is 0.252. The molecule has 7 heteroatoms. The van der Waals surface area contributed by atoms with Crippen molar-refractivity contribution in [3.8, 4) is 11.3 Å². The van der Waals surface area contributed by atoms with Gasteiger partial charge in [-0.25, -0.2) is 9.78 Å². The maximum atomic E-state index is 13.4. The van der Waals surface area contributed by atoms with Gasteiger partial charge in [0.2, 0.25) is 0 Å². The lowest BCUT2D eigenvalue weighted by Gasteiger charge is -2.46. The molecule has 1 atom stereocenters. The predicted octanol–water partition coefficient (Wildman–Crippen LogP) is 4.51. The van der Waals surface area contributed by atoms with Gasteiger partial charge in [0, 0.05) is 42.3 Å². The molecule has 0 radical (unpaired) electrons. The Balaban J connectivity index is 1.63. The Bertz CT molecular complexity index is 1150. The minimum Gasteiger partial charge on any atom is -0.366 e. The van der Waals surface area contributed by atoms with Crippen LogP contribution in [0.25, 0.3) is 17.3 Å². The van der Waals surface area contributed by atoms with E-state index in [9.17, 15) is 4.79 Å². The summed E-state index contributed by atoms with van der Waals surface area (Å²) in [6.07, 6.45) is 8.93. The highest BCUT2D eigenvalue weighted by Crippen LogP contribution is 2.41. The van der Waals surface area contributed by atoms with E-state index in [4.69, 9.17) is 4.98 Å². The summed E-state index contributed by atoms with van der Waals surface area (Å²) in [5, 5.41) is 2.99. The van der Waals surface area contributed by atoms with Gasteiger partial charge < -0.3 is 10.2 Å². The molecule has 0 saturated carbocycles. The first-order chi connectivity index (χ1) is 15.1. The number of aromatic nitrogens is 3. The molecule has 7 nitrogen and oxygen atoms in total. The highest BCUT2D eigenvalue weighted by molar-refractivity contribution is 6.04. The van der Waals surface area contributed by atoms with E-state index < -0.39 is 0 Å². The van der Waals surface area contributed by atoms with Crippen molar-refractivity contribution in [1.82, 2.24) is 15.0 Å². The summed E-state index contributed by atoms with van der Waals surface area (Å²) < 4.78 is 0. The first-order valence-corrected chi connectivity index (χ1v) is 10.5. The average Bonchev–Trinajstić information content (AvgIpc) is 2.79. The summed E-state index contributed by atoms with van der Waals surface area (Å²) in [7, 11) is 0. The Kier molecular flexibility index (Phi) is 4.86. The highest BCUT2D eigenvalue weighted by Gasteiger charge is 2.38. The third kappa shape index (κ3) is 3.52. The Hall–Kier alpha value is -3.74. The average molecular weight is 412 g/mol. The van der Waals surface area contributed by atoms with Crippen molar-refractivity contribution in [3.05, 3.63) is 66.8 Å². The van der Waals surface area contributed by atoms with Crippen LogP contribution >= 0.6 is 0 Å². The molecule has 3 aromatic rings. The maximum absolute atomic E-state index is 13.4. The summed E-state index contributed by atoms with van der Waals surface area (Å²) in [6.45, 7) is 7.73. The molecule has 156 valence electrons. The highest BCUT2D eigenvalue weighted by atomic mass is 16.2. The second-order valence-electron chi connectivity index (χ2n) is 7.94. The summed E-state index contributed by atoms with van der Waals surface area (Å²) in [5.41, 5.74) is 5.27. The number of carbonyl (C=O) groups is 1. The van der Waals surface area contributed by atoms with Gasteiger partial charge in [0.25, 0.3) is 0 Å². The number of anilines is 3. The molecule has 1 N–H and O–H groups in total. The van der Waals surface area contributed by atoms with Gasteiger partial charge in [0.05, 0.1) is 29.3 Å². The zero-order chi connectivity index (χ0) is 21.4. The van der Waals surface area contributed by atoms with Gasteiger partial charge in [0.15, 0.2) is 5.82 Å². The van der Waals surface area contributed by atoms with Crippen LogP contribution in [-0.2, 0) is 0 Å². The van der Waals surface area contributed by atoms with Gasteiger partial charge >= 0.3 is 6.03 Å². The topological polar surface area (TPSA) is 74.2 Å². The molecule has 3 aromatic heterocycles. The summed E-state index contributed by atoms with van der Waals surface area (Å²) >= 11 is 0. The fourth-order valence-corrected chi connectivity index (χ4v) is 4.44. The van der Waals surface area contributed by atoms with Crippen molar-refractivity contribution in [1.29, 1.82) is 0 Å². The van der Waals surface area contributed by atoms with Crippen LogP contribution in [-0.4, -0.2) is 40.1 Å². The van der Waals surface area contributed by atoms with E-state index in [1.165, 1.54) is 0 Å². The molecular formula is C24H24N6O. The number of urea groups is 1. The molecule has 31 heavy (non-hydrogen) atoms. The molecule has 2 aliphatic heterocycles. The molecule has 2 amide bonds. The van der Waals surface area contributed by atoms with Gasteiger partial charge in [-0.3, -0.25) is 14.9 Å². The predicted molar refractivity (Wildman–Crippen MR) is 123 cm³/mol. The van der Waals surface area contributed by atoms with Crippen molar-refractivity contribution >= 4 is 29.3 Å². The number of piperidine rings is 1. The van der Waals surface area contributed by atoms with E-state index >= 15 is 0 Å². The Morgan fingerprint density at radius 2 is 2.19 bits per heavy atom. The molecule has 0 aromatic carbocycles. The van der Waals surface area contributed by atoms with Gasteiger partial charge in [-0.15, -0.1) is 0 Å². The number of hydrogen-bond acceptors (Lipinski definition) is 5. The number of amides is 2. The van der Waals surface area contributed by atoms with Crippen molar-refractivity contribution in [2.24, 2.45) is 0 Å². The number of nitrogens with one attached hydrogen (secondary N) is 1. The Morgan fingerprint density at radius 1 is 1.29 bits per heavy atom. The van der Waals surface area contributed by atoms with Crippen molar-refractivity contribution < 1.29 is 4.79 Å². The van der Waals surface area contributed by atoms with Crippen LogP contribution < -0.4 is 15.1 Å². The van der Waals surface area contributed by atoms with Crippen molar-refractivity contribution in [2.45, 2.75) is 25.8 Å². The van der Waals surface area contributed by atoms with Gasteiger partial charge in [-0.1, -0.05) is 12.7 Å². The molecule has 1 saturated heterocycles. The SMILES string of the molecule is C=Cc1cc2c(nc1-c1ccnc(C)c1)N(C(=O)Nc1cccnc1)[C@H]1CCCN2C1. The van der Waals surface area contributed by atoms with E-state index in [1.807, 2.05) is 36.1 Å². The summed E-state index contributed by atoms with van der Waals surface area (Å²) in [4.78, 5) is 31.0. The van der Waals surface area contributed by atoms with Gasteiger partial charge in [-0.2, -0.15) is 0 Å². The van der Waals surface area contributed by atoms with E-state index in [2.05, 4.69) is 32.8 Å². The number of pyridine rings is 3. The van der Waals surface area contributed by atoms with Crippen molar-refractivity contribution in [2.75, 3.05) is 28.2 Å². The third-order valence-corrected chi connectivity index (χ3v) is 5.86. The standard InChI is InChI=1S/C24H24N6O/c1-3-17-13-21-23(28-22(17)18-8-10-26-16(2)12-18)30(20-7-5-11-29(21)15-20)24(31)27-19-6-4-9-25-14-19/h3-4,6,8-10,12-14,20H,1,5,7,11,15H2,2H3,(H,27,31)/t20-/m0/s1. The third-order valence-electron chi connectivity index (χ3n) is 5.86. The Morgan fingerprint density at radius 3 is 2.97 bits per heavy atom. The second-order valence-corrected chi connectivity index (χ2v) is 7.94. The minimum absolute atomic E-state index is 0.0760. The smallest absolute Gasteiger partial charge is 0.327 e. The number of nitrogens with zero attached hydrogens (tertiary/aromatic N) is 5. The lowest BCUT2D eigenvalue weighted by atomic mass is 9.97. The molecule has 1 fully saturated rings. The first-order valence-electron chi connectivity index (χ1n) is 10.5. The normalized spacial score (nSPS) is 17.1. The van der Waals surface area contributed by atoms with E-state index in [0.29, 0.717) is 11.5 Å². The fourth-order valence-electron chi connectivity index (χ4n) is 4.44. The molecule has 0 aliphatic carbocycles. The van der Waals surface area contributed by atoms with Crippen LogP contribution in [0.5, 0.6) is 0 Å². The molecule has 5 heterocycles. The lowest BCUT2D eigenvalue weighted by Crippen LogP contribution is -2.56. The Labute approximate surface area is 181 Å². The van der Waals surface area contributed by atoms with Gasteiger partial charge in [-0.05, 0) is 50.1 Å². The zero-order valence-corrected chi connectivity index (χ0v) is 17.5. The summed E-state index contributed by atoms with van der Waals surface area (Å²) in [5.74, 6) is 0.687. The van der Waals surface area contributed by atoms with Crippen LogP contribution in [0, 0.1) is 6.92 Å². The van der Waals surface area contributed by atoms with Crippen LogP contribution in [0.4, 0.5) is 22.0 Å². The molecule has 5 rings (SSSR count). The number of fused-ring (bicyclic) bond motifs is 4. The molecule has 0 spiro atoms. The van der Waals surface area contributed by atoms with E-state index in [-0.39, 0.29) is 12.1 Å². The number of carbonyl (C=O) groups excluding carboxylic acids is 1. The monoisotopic (exact) mass is 412 g/mol. The van der Waals surface area contributed by atoms with Crippen LogP contribution in [0.2, 0.25) is 0 Å². The quantitative estimate of drug-likeness (QED) is 0.685. The fraction of sp³-hybridized carbons (Fsp3) is 0.250. The van der Waals surface area contributed by atoms with E-state index in [1.54, 1.807) is 24.7 Å². The molecular weight excluding hydrogens is 388 g/mol. The van der Waals surface area contributed by atoms with Gasteiger partial charge in [0.1, 0.15) is 0 Å². The zero-order valence-electron chi connectivity index (χ0n) is 17.5. The van der Waals surface area contributed by atoms with Crippen LogP contribution in [0.1, 0.15) is 24.1 Å². The van der Waals surface area contributed by atoms with Crippen LogP contribution in [0.3, 0.4) is 0 Å².